The van der Waals surface area contributed by atoms with Gasteiger partial charge in [0.05, 0.1) is 36.0 Å². The monoisotopic (exact) mass is 495 g/mol. The van der Waals surface area contributed by atoms with Gasteiger partial charge in [0.25, 0.3) is 0 Å². The molecule has 1 aliphatic heterocycles. The first kappa shape index (κ1) is 25.2. The van der Waals surface area contributed by atoms with E-state index in [-0.39, 0.29) is 29.2 Å². The molecule has 0 radical (unpaired) electrons. The van der Waals surface area contributed by atoms with Gasteiger partial charge in [0.2, 0.25) is 5.91 Å². The number of rotatable bonds is 10. The number of carbonyl (C=O) groups is 1. The lowest BCUT2D eigenvalue weighted by Crippen LogP contribution is -2.37. The number of nitrogens with zero attached hydrogens (tertiary/aromatic N) is 6. The Labute approximate surface area is 208 Å². The fourth-order valence-electron chi connectivity index (χ4n) is 4.13. The second-order valence-corrected chi connectivity index (χ2v) is 8.43. The van der Waals surface area contributed by atoms with Crippen LogP contribution in [0.3, 0.4) is 0 Å². The molecule has 12 heteroatoms. The highest BCUT2D eigenvalue weighted by Gasteiger charge is 2.26. The van der Waals surface area contributed by atoms with E-state index < -0.39 is 10.8 Å². The standard InChI is InChI=1S/C24H29N7O5/c1-3-30-20(11-16(2)28-30)24-26-14-18(15-27-24)19-12-17(23(25)32)13-21(22(19)31(33)34)36-8-4-5-29-6-9-35-10-7-29/h11-15H,3-10H2,1-2H3,(H2,25,32). The van der Waals surface area contributed by atoms with Gasteiger partial charge < -0.3 is 15.2 Å². The summed E-state index contributed by atoms with van der Waals surface area (Å²) in [6.45, 7) is 8.59. The van der Waals surface area contributed by atoms with Crippen molar-refractivity contribution in [3.05, 3.63) is 52.0 Å². The van der Waals surface area contributed by atoms with Crippen molar-refractivity contribution in [2.24, 2.45) is 5.73 Å². The number of hydrogen-bond donors (Lipinski definition) is 1. The molecule has 1 aromatic carbocycles. The van der Waals surface area contributed by atoms with Gasteiger partial charge in [-0.25, -0.2) is 9.97 Å². The van der Waals surface area contributed by atoms with E-state index in [1.54, 1.807) is 4.68 Å². The number of carbonyl (C=O) groups excluding carboxylic acids is 1. The quantitative estimate of drug-likeness (QED) is 0.254. The Kier molecular flexibility index (Phi) is 7.86. The van der Waals surface area contributed by atoms with Crippen LogP contribution in [0, 0.1) is 17.0 Å². The van der Waals surface area contributed by atoms with E-state index in [9.17, 15) is 14.9 Å². The Morgan fingerprint density at radius 2 is 1.94 bits per heavy atom. The smallest absolute Gasteiger partial charge is 0.318 e. The number of ether oxygens (including phenoxy) is 2. The van der Waals surface area contributed by atoms with Gasteiger partial charge in [-0.15, -0.1) is 0 Å². The maximum Gasteiger partial charge on any atom is 0.318 e. The number of aromatic nitrogens is 4. The van der Waals surface area contributed by atoms with E-state index in [0.29, 0.717) is 37.6 Å². The highest BCUT2D eigenvalue weighted by molar-refractivity contribution is 5.96. The van der Waals surface area contributed by atoms with Crippen molar-refractivity contribution in [1.29, 1.82) is 0 Å². The number of nitro benzene ring substituents is 1. The van der Waals surface area contributed by atoms with E-state index in [1.165, 1.54) is 24.5 Å². The lowest BCUT2D eigenvalue weighted by Gasteiger charge is -2.26. The summed E-state index contributed by atoms with van der Waals surface area (Å²) in [5.41, 5.74) is 7.45. The lowest BCUT2D eigenvalue weighted by atomic mass is 10.0. The summed E-state index contributed by atoms with van der Waals surface area (Å²) >= 11 is 0. The third-order valence-electron chi connectivity index (χ3n) is 5.92. The molecule has 0 bridgehead atoms. The minimum Gasteiger partial charge on any atom is -0.487 e. The molecule has 0 saturated carbocycles. The Balaban J connectivity index is 1.62. The van der Waals surface area contributed by atoms with Crippen molar-refractivity contribution < 1.29 is 19.2 Å². The highest BCUT2D eigenvalue weighted by Crippen LogP contribution is 2.39. The predicted octanol–water partition coefficient (Wildman–Crippen LogP) is 2.44. The van der Waals surface area contributed by atoms with Gasteiger partial charge in [-0.2, -0.15) is 5.10 Å². The zero-order chi connectivity index (χ0) is 25.7. The number of nitrogens with two attached hydrogens (primary N) is 1. The van der Waals surface area contributed by atoms with Crippen molar-refractivity contribution in [3.8, 4) is 28.4 Å². The van der Waals surface area contributed by atoms with Crippen molar-refractivity contribution in [2.45, 2.75) is 26.8 Å². The SMILES string of the molecule is CCn1nc(C)cc1-c1ncc(-c2cc(C(N)=O)cc(OCCCN3CCOCC3)c2[N+](=O)[O-])cn1. The number of hydrogen-bond acceptors (Lipinski definition) is 9. The molecule has 3 heterocycles. The van der Waals surface area contributed by atoms with Gasteiger partial charge in [-0.05, 0) is 32.4 Å². The van der Waals surface area contributed by atoms with Crippen molar-refractivity contribution in [2.75, 3.05) is 39.5 Å². The molecule has 2 N–H and O–H groups in total. The summed E-state index contributed by atoms with van der Waals surface area (Å²) in [6.07, 6.45) is 3.63. The largest absolute Gasteiger partial charge is 0.487 e. The maximum atomic E-state index is 12.1. The molecule has 1 fully saturated rings. The van der Waals surface area contributed by atoms with Crippen molar-refractivity contribution >= 4 is 11.6 Å². The molecule has 12 nitrogen and oxygen atoms in total. The summed E-state index contributed by atoms with van der Waals surface area (Å²) < 4.78 is 12.9. The average molecular weight is 496 g/mol. The van der Waals surface area contributed by atoms with Gasteiger partial charge in [0.15, 0.2) is 11.6 Å². The van der Waals surface area contributed by atoms with E-state index in [4.69, 9.17) is 15.2 Å². The van der Waals surface area contributed by atoms with Gasteiger partial charge in [-0.3, -0.25) is 24.5 Å². The van der Waals surface area contributed by atoms with E-state index >= 15 is 0 Å². The van der Waals surface area contributed by atoms with Gasteiger partial charge in [0.1, 0.15) is 5.69 Å². The molecule has 0 spiro atoms. The van der Waals surface area contributed by atoms with Crippen LogP contribution in [0.15, 0.2) is 30.6 Å². The normalized spacial score (nSPS) is 14.1. The van der Waals surface area contributed by atoms with Crippen LogP contribution in [0.1, 0.15) is 29.4 Å². The third kappa shape index (κ3) is 5.66. The van der Waals surface area contributed by atoms with Crippen LogP contribution in [0.2, 0.25) is 0 Å². The van der Waals surface area contributed by atoms with Crippen molar-refractivity contribution in [3.63, 3.8) is 0 Å². The van der Waals surface area contributed by atoms with Crippen LogP contribution in [-0.4, -0.2) is 74.9 Å². The minimum atomic E-state index is -0.718. The van der Waals surface area contributed by atoms with Crippen LogP contribution in [0.5, 0.6) is 5.75 Å². The zero-order valence-electron chi connectivity index (χ0n) is 20.3. The molecule has 1 saturated heterocycles. The zero-order valence-corrected chi connectivity index (χ0v) is 20.3. The number of morpholine rings is 1. The van der Waals surface area contributed by atoms with Crippen molar-refractivity contribution in [1.82, 2.24) is 24.6 Å². The Morgan fingerprint density at radius 3 is 2.58 bits per heavy atom. The summed E-state index contributed by atoms with van der Waals surface area (Å²) in [4.78, 5) is 34.6. The highest BCUT2D eigenvalue weighted by atomic mass is 16.6. The summed E-state index contributed by atoms with van der Waals surface area (Å²) in [7, 11) is 0. The minimum absolute atomic E-state index is 0.0166. The van der Waals surface area contributed by atoms with Crippen LogP contribution in [0.4, 0.5) is 5.69 Å². The van der Waals surface area contributed by atoms with Gasteiger partial charge in [0, 0.05) is 55.8 Å². The van der Waals surface area contributed by atoms with E-state index in [0.717, 1.165) is 31.0 Å². The first-order chi connectivity index (χ1) is 17.4. The molecule has 0 atom stereocenters. The van der Waals surface area contributed by atoms with Crippen LogP contribution >= 0.6 is 0 Å². The first-order valence-electron chi connectivity index (χ1n) is 11.8. The topological polar surface area (TPSA) is 152 Å². The fourth-order valence-corrected chi connectivity index (χ4v) is 4.13. The molecule has 3 aromatic rings. The van der Waals surface area contributed by atoms with Gasteiger partial charge >= 0.3 is 5.69 Å². The number of primary amides is 1. The molecule has 1 amide bonds. The average Bonchev–Trinajstić information content (AvgIpc) is 3.27. The number of amides is 1. The molecular weight excluding hydrogens is 466 g/mol. The predicted molar refractivity (Wildman–Crippen MR) is 132 cm³/mol. The summed E-state index contributed by atoms with van der Waals surface area (Å²) in [5.74, 6) is -0.296. The third-order valence-corrected chi connectivity index (χ3v) is 5.92. The molecule has 4 rings (SSSR count). The lowest BCUT2D eigenvalue weighted by molar-refractivity contribution is -0.385. The molecule has 2 aromatic heterocycles. The van der Waals surface area contributed by atoms with E-state index in [2.05, 4.69) is 20.0 Å². The van der Waals surface area contributed by atoms with Crippen LogP contribution in [0.25, 0.3) is 22.6 Å². The van der Waals surface area contributed by atoms with E-state index in [1.807, 2.05) is 19.9 Å². The second-order valence-electron chi connectivity index (χ2n) is 8.43. The molecular formula is C24H29N7O5. The van der Waals surface area contributed by atoms with Gasteiger partial charge in [-0.1, -0.05) is 0 Å². The summed E-state index contributed by atoms with van der Waals surface area (Å²) in [5, 5.41) is 16.5. The van der Waals surface area contributed by atoms with Crippen LogP contribution in [-0.2, 0) is 11.3 Å². The molecule has 0 aliphatic carbocycles. The Morgan fingerprint density at radius 1 is 1.22 bits per heavy atom. The number of nitro groups is 1. The molecule has 0 unspecified atom stereocenters. The van der Waals surface area contributed by atoms with Crippen LogP contribution < -0.4 is 10.5 Å². The fraction of sp³-hybridized carbons (Fsp3) is 0.417. The molecule has 190 valence electrons. The Hall–Kier alpha value is -3.90. The second kappa shape index (κ2) is 11.2. The maximum absolute atomic E-state index is 12.1. The molecule has 36 heavy (non-hydrogen) atoms. The molecule has 1 aliphatic rings. The Bertz CT molecular complexity index is 1240. The summed E-state index contributed by atoms with van der Waals surface area (Å²) in [6, 6.07) is 4.56. The number of aryl methyl sites for hydroxylation is 2. The first-order valence-corrected chi connectivity index (χ1v) is 11.8. The number of benzene rings is 1.